The second-order valence-electron chi connectivity index (χ2n) is 6.49. The van der Waals surface area contributed by atoms with Gasteiger partial charge in [-0.25, -0.2) is 0 Å². The van der Waals surface area contributed by atoms with Gasteiger partial charge in [-0.15, -0.1) is 0 Å². The molecule has 4 aromatic carbocycles. The van der Waals surface area contributed by atoms with Gasteiger partial charge in [-0.05, 0) is 60.7 Å². The van der Waals surface area contributed by atoms with E-state index < -0.39 is 0 Å². The van der Waals surface area contributed by atoms with Crippen LogP contribution in [0.5, 0.6) is 0 Å². The van der Waals surface area contributed by atoms with E-state index in [2.05, 4.69) is 35.6 Å². The molecule has 0 aliphatic rings. The monoisotopic (exact) mass is 447 g/mol. The Bertz CT molecular complexity index is 1090. The summed E-state index contributed by atoms with van der Waals surface area (Å²) in [5.41, 5.74) is 1.28. The average molecular weight is 448 g/mol. The predicted molar refractivity (Wildman–Crippen MR) is 127 cm³/mol. The maximum Gasteiger partial charge on any atom is 0.255 e. The van der Waals surface area contributed by atoms with Crippen LogP contribution < -0.4 is 5.32 Å². The largest absolute Gasteiger partial charge is 0.322 e. The van der Waals surface area contributed by atoms with Crippen LogP contribution in [0.25, 0.3) is 0 Å². The molecule has 2 nitrogen and oxygen atoms in total. The number of benzene rings is 4. The molecule has 0 unspecified atom stereocenters. The Labute approximate surface area is 189 Å². The van der Waals surface area contributed by atoms with E-state index in [1.807, 2.05) is 48.5 Å². The lowest BCUT2D eigenvalue weighted by atomic mass is 10.2. The summed E-state index contributed by atoms with van der Waals surface area (Å²) in [5, 5.41) is 3.55. The molecule has 4 rings (SSSR count). The normalized spacial score (nSPS) is 10.6. The summed E-state index contributed by atoms with van der Waals surface area (Å²) in [4.78, 5) is 17.1. The number of carbonyl (C=O) groups is 1. The number of hydrogen-bond acceptors (Lipinski definition) is 3. The van der Waals surface area contributed by atoms with Crippen molar-refractivity contribution in [3.8, 4) is 0 Å². The highest BCUT2D eigenvalue weighted by Gasteiger charge is 2.10. The third kappa shape index (κ3) is 5.70. The second-order valence-corrected chi connectivity index (χ2v) is 9.22. The first kappa shape index (κ1) is 20.6. The van der Waals surface area contributed by atoms with Crippen LogP contribution in [0.2, 0.25) is 5.02 Å². The van der Waals surface area contributed by atoms with Crippen LogP contribution in [0.1, 0.15) is 10.4 Å². The minimum absolute atomic E-state index is 0.185. The summed E-state index contributed by atoms with van der Waals surface area (Å²) in [6.07, 6.45) is 0. The Balaban J connectivity index is 1.63. The second kappa shape index (κ2) is 9.90. The lowest BCUT2D eigenvalue weighted by molar-refractivity contribution is 0.102. The van der Waals surface area contributed by atoms with E-state index in [1.54, 1.807) is 47.8 Å². The third-order valence-corrected chi connectivity index (χ3v) is 6.38. The van der Waals surface area contributed by atoms with Gasteiger partial charge in [0.25, 0.3) is 5.91 Å². The van der Waals surface area contributed by atoms with Gasteiger partial charge in [0, 0.05) is 35.9 Å². The van der Waals surface area contributed by atoms with Gasteiger partial charge in [-0.2, -0.15) is 0 Å². The summed E-state index contributed by atoms with van der Waals surface area (Å²) in [6.45, 7) is 0. The first-order chi connectivity index (χ1) is 14.7. The number of nitrogens with one attached hydrogen (secondary N) is 1. The zero-order valence-electron chi connectivity index (χ0n) is 15.9. The first-order valence-corrected chi connectivity index (χ1v) is 11.3. The predicted octanol–water partition coefficient (Wildman–Crippen LogP) is 7.89. The van der Waals surface area contributed by atoms with E-state index in [0.29, 0.717) is 10.6 Å². The molecule has 30 heavy (non-hydrogen) atoms. The van der Waals surface area contributed by atoms with Crippen molar-refractivity contribution in [3.05, 3.63) is 114 Å². The molecule has 5 heteroatoms. The zero-order chi connectivity index (χ0) is 20.8. The molecule has 0 aromatic heterocycles. The minimum atomic E-state index is -0.185. The maximum atomic E-state index is 12.7. The van der Waals surface area contributed by atoms with Gasteiger partial charge < -0.3 is 5.32 Å². The van der Waals surface area contributed by atoms with Gasteiger partial charge >= 0.3 is 0 Å². The highest BCUT2D eigenvalue weighted by Crippen LogP contribution is 2.36. The molecule has 0 atom stereocenters. The highest BCUT2D eigenvalue weighted by atomic mass is 35.5. The Kier molecular flexibility index (Phi) is 6.80. The van der Waals surface area contributed by atoms with Crippen molar-refractivity contribution in [1.82, 2.24) is 0 Å². The molecule has 0 bridgehead atoms. The maximum absolute atomic E-state index is 12.7. The summed E-state index contributed by atoms with van der Waals surface area (Å²) in [6, 6.07) is 33.5. The molecule has 4 aromatic rings. The van der Waals surface area contributed by atoms with E-state index in [4.69, 9.17) is 11.6 Å². The van der Waals surface area contributed by atoms with Gasteiger partial charge in [0.2, 0.25) is 0 Å². The summed E-state index contributed by atoms with van der Waals surface area (Å²) >= 11 is 9.37. The third-order valence-electron chi connectivity index (χ3n) is 4.18. The van der Waals surface area contributed by atoms with Gasteiger partial charge in [0.15, 0.2) is 0 Å². The fourth-order valence-electron chi connectivity index (χ4n) is 2.84. The van der Waals surface area contributed by atoms with Crippen molar-refractivity contribution in [3.63, 3.8) is 0 Å². The van der Waals surface area contributed by atoms with Crippen molar-refractivity contribution < 1.29 is 4.79 Å². The molecule has 148 valence electrons. The zero-order valence-corrected chi connectivity index (χ0v) is 18.3. The van der Waals surface area contributed by atoms with Crippen molar-refractivity contribution in [2.24, 2.45) is 0 Å². The van der Waals surface area contributed by atoms with Crippen LogP contribution in [0.4, 0.5) is 5.69 Å². The molecule has 0 aliphatic heterocycles. The molecule has 1 N–H and O–H groups in total. The Morgan fingerprint density at radius 1 is 0.633 bits per heavy atom. The van der Waals surface area contributed by atoms with E-state index in [0.717, 1.165) is 25.3 Å². The lowest BCUT2D eigenvalue weighted by Crippen LogP contribution is -2.11. The quantitative estimate of drug-likeness (QED) is 0.325. The summed E-state index contributed by atoms with van der Waals surface area (Å²) in [7, 11) is 0. The number of halogens is 1. The molecule has 0 heterocycles. The van der Waals surface area contributed by atoms with E-state index >= 15 is 0 Å². The Hall–Kier alpha value is -2.66. The first-order valence-electron chi connectivity index (χ1n) is 9.33. The van der Waals surface area contributed by atoms with Crippen LogP contribution in [0, 0.1) is 0 Å². The molecule has 0 saturated heterocycles. The van der Waals surface area contributed by atoms with Gasteiger partial charge in [-0.3, -0.25) is 4.79 Å². The average Bonchev–Trinajstić information content (AvgIpc) is 2.75. The smallest absolute Gasteiger partial charge is 0.255 e. The Morgan fingerprint density at radius 2 is 1.20 bits per heavy atom. The van der Waals surface area contributed by atoms with Crippen LogP contribution in [-0.4, -0.2) is 5.91 Å². The topological polar surface area (TPSA) is 29.1 Å². The molecule has 0 aliphatic carbocycles. The molecular weight excluding hydrogens is 430 g/mol. The number of amides is 1. The van der Waals surface area contributed by atoms with Crippen molar-refractivity contribution in [1.29, 1.82) is 0 Å². The molecular formula is C25H18ClNOS2. The summed E-state index contributed by atoms with van der Waals surface area (Å²) in [5.74, 6) is -0.185. The standard InChI is InChI=1S/C25H18ClNOS2/c26-19-9-7-8-18(14-19)25(28)27-20-15-23(29-21-10-3-1-4-11-21)17-24(16-20)30-22-12-5-2-6-13-22/h1-17H,(H,27,28). The SMILES string of the molecule is O=C(Nc1cc(Sc2ccccc2)cc(Sc2ccccc2)c1)c1cccc(Cl)c1. The lowest BCUT2D eigenvalue weighted by Gasteiger charge is -2.11. The fourth-order valence-corrected chi connectivity index (χ4v) is 4.98. The highest BCUT2D eigenvalue weighted by molar-refractivity contribution is 8.00. The molecule has 0 spiro atoms. The minimum Gasteiger partial charge on any atom is -0.322 e. The molecule has 0 radical (unpaired) electrons. The fraction of sp³-hybridized carbons (Fsp3) is 0. The van der Waals surface area contributed by atoms with Gasteiger partial charge in [0.1, 0.15) is 0 Å². The van der Waals surface area contributed by atoms with Crippen LogP contribution in [-0.2, 0) is 0 Å². The van der Waals surface area contributed by atoms with Crippen LogP contribution in [0.15, 0.2) is 123 Å². The molecule has 1 amide bonds. The van der Waals surface area contributed by atoms with E-state index in [-0.39, 0.29) is 5.91 Å². The van der Waals surface area contributed by atoms with Crippen molar-refractivity contribution >= 4 is 46.7 Å². The Morgan fingerprint density at radius 3 is 1.73 bits per heavy atom. The van der Waals surface area contributed by atoms with E-state index in [1.165, 1.54) is 0 Å². The number of hydrogen-bond donors (Lipinski definition) is 1. The van der Waals surface area contributed by atoms with Crippen LogP contribution >= 0.6 is 35.1 Å². The molecule has 0 saturated carbocycles. The summed E-state index contributed by atoms with van der Waals surface area (Å²) < 4.78 is 0. The van der Waals surface area contributed by atoms with Gasteiger partial charge in [0.05, 0.1) is 0 Å². The van der Waals surface area contributed by atoms with Gasteiger partial charge in [-0.1, -0.05) is 77.6 Å². The van der Waals surface area contributed by atoms with Crippen molar-refractivity contribution in [2.45, 2.75) is 19.6 Å². The van der Waals surface area contributed by atoms with E-state index in [9.17, 15) is 4.79 Å². The van der Waals surface area contributed by atoms with Crippen molar-refractivity contribution in [2.75, 3.05) is 5.32 Å². The number of carbonyl (C=O) groups excluding carboxylic acids is 1. The molecule has 0 fully saturated rings. The van der Waals surface area contributed by atoms with Crippen LogP contribution in [0.3, 0.4) is 0 Å². The number of rotatable bonds is 6. The number of anilines is 1.